The van der Waals surface area contributed by atoms with Gasteiger partial charge in [-0.2, -0.15) is 13.2 Å². The molecular formula is C22H22F8N2OS. The molecule has 2 aromatic rings. The van der Waals surface area contributed by atoms with E-state index in [9.17, 15) is 37.4 Å². The van der Waals surface area contributed by atoms with E-state index in [1.165, 1.54) is 17.0 Å². The molecule has 188 valence electrons. The van der Waals surface area contributed by atoms with E-state index in [1.807, 2.05) is 0 Å². The fourth-order valence-corrected chi connectivity index (χ4v) is 5.04. The second-order valence-corrected chi connectivity index (χ2v) is 11.2. The van der Waals surface area contributed by atoms with Gasteiger partial charge in [0.15, 0.2) is 0 Å². The number of nitrogens with zero attached hydrogens (tertiary/aromatic N) is 2. The molecule has 4 rings (SSSR count). The van der Waals surface area contributed by atoms with Crippen LogP contribution in [0.1, 0.15) is 29.0 Å². The Hall–Kier alpha value is -2.50. The van der Waals surface area contributed by atoms with E-state index in [4.69, 9.17) is 0 Å². The average molecular weight is 514 g/mol. The molecule has 1 saturated carbocycles. The van der Waals surface area contributed by atoms with Crippen LogP contribution in [-0.4, -0.2) is 37.0 Å². The molecular weight excluding hydrogens is 492 g/mol. The minimum absolute atomic E-state index is 0.0438. The highest BCUT2D eigenvalue weighted by Crippen LogP contribution is 3.02. The number of alkyl halides is 3. The van der Waals surface area contributed by atoms with Crippen molar-refractivity contribution in [1.29, 1.82) is 0 Å². The summed E-state index contributed by atoms with van der Waals surface area (Å²) in [5, 5.41) is 0. The van der Waals surface area contributed by atoms with Crippen molar-refractivity contribution in [3.63, 3.8) is 0 Å². The summed E-state index contributed by atoms with van der Waals surface area (Å²) in [7, 11) is -9.81. The number of amides is 1. The first-order chi connectivity index (χ1) is 15.4. The van der Waals surface area contributed by atoms with E-state index in [0.717, 1.165) is 18.2 Å². The summed E-state index contributed by atoms with van der Waals surface area (Å²) in [4.78, 5) is 14.2. The van der Waals surface area contributed by atoms with Crippen LogP contribution in [0.25, 0.3) is 0 Å². The zero-order valence-corrected chi connectivity index (χ0v) is 18.8. The van der Waals surface area contributed by atoms with Gasteiger partial charge in [0.05, 0.1) is 5.56 Å². The summed E-state index contributed by atoms with van der Waals surface area (Å²) in [6, 6.07) is 6.46. The van der Waals surface area contributed by atoms with Crippen LogP contribution in [-0.2, 0) is 11.0 Å². The van der Waals surface area contributed by atoms with Crippen LogP contribution in [0.3, 0.4) is 0 Å². The zero-order chi connectivity index (χ0) is 25.2. The Morgan fingerprint density at radius 1 is 0.941 bits per heavy atom. The van der Waals surface area contributed by atoms with Crippen LogP contribution in [0.15, 0.2) is 47.4 Å². The van der Waals surface area contributed by atoms with Gasteiger partial charge in [-0.25, -0.2) is 0 Å². The molecule has 34 heavy (non-hydrogen) atoms. The van der Waals surface area contributed by atoms with Crippen molar-refractivity contribution in [3.8, 4) is 0 Å². The Morgan fingerprint density at radius 2 is 1.59 bits per heavy atom. The number of hydrogen-bond donors (Lipinski definition) is 0. The first kappa shape index (κ1) is 24.6. The molecule has 0 aromatic heterocycles. The first-order valence-corrected chi connectivity index (χ1v) is 12.4. The highest BCUT2D eigenvalue weighted by molar-refractivity contribution is 8.45. The van der Waals surface area contributed by atoms with Crippen molar-refractivity contribution in [2.45, 2.75) is 30.3 Å². The number of anilines is 1. The van der Waals surface area contributed by atoms with Crippen molar-refractivity contribution in [3.05, 3.63) is 59.2 Å². The molecule has 1 amide bonds. The summed E-state index contributed by atoms with van der Waals surface area (Å²) < 4.78 is 105. The van der Waals surface area contributed by atoms with Crippen molar-refractivity contribution in [1.82, 2.24) is 4.90 Å². The van der Waals surface area contributed by atoms with Crippen molar-refractivity contribution in [2.24, 2.45) is 5.92 Å². The fourth-order valence-electron chi connectivity index (χ4n) is 4.35. The van der Waals surface area contributed by atoms with Gasteiger partial charge in [-0.15, -0.1) is 0 Å². The van der Waals surface area contributed by atoms with Crippen LogP contribution in [0.4, 0.5) is 38.3 Å². The molecule has 1 heterocycles. The Kier molecular flexibility index (Phi) is 5.25. The van der Waals surface area contributed by atoms with Gasteiger partial charge < -0.3 is 9.80 Å². The van der Waals surface area contributed by atoms with E-state index in [0.29, 0.717) is 36.5 Å². The first-order valence-electron chi connectivity index (χ1n) is 10.5. The van der Waals surface area contributed by atoms with E-state index in [2.05, 4.69) is 0 Å². The Bertz CT molecular complexity index is 1130. The molecule has 12 heteroatoms. The smallest absolute Gasteiger partial charge is 0.368 e. The molecule has 2 fully saturated rings. The molecule has 2 aromatic carbocycles. The molecule has 1 saturated heterocycles. The van der Waals surface area contributed by atoms with Gasteiger partial charge in [-0.1, -0.05) is 37.6 Å². The number of benzene rings is 2. The lowest BCUT2D eigenvalue weighted by Crippen LogP contribution is -2.49. The lowest BCUT2D eigenvalue weighted by atomic mass is 10.1. The molecule has 0 bridgehead atoms. The van der Waals surface area contributed by atoms with Crippen molar-refractivity contribution in [2.75, 3.05) is 31.1 Å². The second kappa shape index (κ2) is 7.25. The van der Waals surface area contributed by atoms with E-state index in [1.54, 1.807) is 11.8 Å². The van der Waals surface area contributed by atoms with Crippen molar-refractivity contribution >= 4 is 21.8 Å². The molecule has 1 unspecified atom stereocenters. The van der Waals surface area contributed by atoms with Gasteiger partial charge in [-0.3, -0.25) is 4.79 Å². The van der Waals surface area contributed by atoms with Crippen molar-refractivity contribution < 1.29 is 37.4 Å². The Balaban J connectivity index is 1.41. The molecule has 3 nitrogen and oxygen atoms in total. The Morgan fingerprint density at radius 3 is 2.18 bits per heavy atom. The molecule has 0 radical (unpaired) electrons. The van der Waals surface area contributed by atoms with E-state index >= 15 is 0 Å². The maximum absolute atomic E-state index is 13.1. The van der Waals surface area contributed by atoms with E-state index < -0.39 is 38.7 Å². The molecule has 1 aliphatic carbocycles. The Labute approximate surface area is 191 Å². The largest absolute Gasteiger partial charge is 0.416 e. The summed E-state index contributed by atoms with van der Waals surface area (Å²) in [6.45, 7) is 2.77. The number of aryl methyl sites for hydroxylation is 1. The molecule has 2 aliphatic rings. The SMILES string of the molecule is Cc1ccc(C(F)(F)F)cc1N1CCN(C(=O)C2C[C@H]2c2cccc(S(F)(F)(F)(F)F)c2)CC1. The number of carbonyl (C=O) groups excluding carboxylic acids is 1. The lowest BCUT2D eigenvalue weighted by molar-refractivity contribution is -0.137. The summed E-state index contributed by atoms with van der Waals surface area (Å²) in [6.07, 6.45) is -4.22. The van der Waals surface area contributed by atoms with Gasteiger partial charge in [0.1, 0.15) is 4.90 Å². The van der Waals surface area contributed by atoms with Crippen LogP contribution in [0, 0.1) is 12.8 Å². The number of piperazine rings is 1. The third-order valence-electron chi connectivity index (χ3n) is 6.31. The lowest BCUT2D eigenvalue weighted by Gasteiger charge is -2.40. The summed E-state index contributed by atoms with van der Waals surface area (Å²) in [5.74, 6) is -1.46. The van der Waals surface area contributed by atoms with Crippen LogP contribution in [0.2, 0.25) is 0 Å². The van der Waals surface area contributed by atoms with Crippen LogP contribution >= 0.6 is 10.2 Å². The maximum Gasteiger partial charge on any atom is 0.416 e. The number of halogens is 8. The molecule has 0 spiro atoms. The van der Waals surface area contributed by atoms with Crippen LogP contribution < -0.4 is 4.90 Å². The fraction of sp³-hybridized carbons (Fsp3) is 0.409. The van der Waals surface area contributed by atoms with Gasteiger partial charge >= 0.3 is 16.4 Å². The minimum atomic E-state index is -9.81. The molecule has 1 aliphatic heterocycles. The minimum Gasteiger partial charge on any atom is -0.368 e. The number of carbonyl (C=O) groups is 1. The standard InChI is InChI=1S/C22H22F8N2OS/c1-14-5-6-16(22(23,24)25)12-20(14)31-7-9-32(10-8-31)21(33)19-13-18(19)15-3-2-4-17(11-15)34(26,27,28,29)30/h2-6,11-12,18-19H,7-10,13H2,1H3/t18-,19?/m0/s1. The quantitative estimate of drug-likeness (QED) is 0.406. The number of hydrogen-bond acceptors (Lipinski definition) is 2. The highest BCUT2D eigenvalue weighted by Gasteiger charge is 2.65. The maximum atomic E-state index is 13.1. The molecule has 2 atom stereocenters. The average Bonchev–Trinajstić information content (AvgIpc) is 3.52. The van der Waals surface area contributed by atoms with Gasteiger partial charge in [0, 0.05) is 37.8 Å². The third kappa shape index (κ3) is 5.11. The third-order valence-corrected chi connectivity index (χ3v) is 7.45. The van der Waals surface area contributed by atoms with Gasteiger partial charge in [-0.05, 0) is 54.7 Å². The van der Waals surface area contributed by atoms with Gasteiger partial charge in [0.2, 0.25) is 5.91 Å². The summed E-state index contributed by atoms with van der Waals surface area (Å²) in [5.41, 5.74) is 0.376. The normalized spacial score (nSPS) is 23.3. The van der Waals surface area contributed by atoms with Crippen LogP contribution in [0.5, 0.6) is 0 Å². The molecule has 0 N–H and O–H groups in total. The predicted octanol–water partition coefficient (Wildman–Crippen LogP) is 7.12. The predicted molar refractivity (Wildman–Crippen MR) is 114 cm³/mol. The van der Waals surface area contributed by atoms with Gasteiger partial charge in [0.25, 0.3) is 0 Å². The monoisotopic (exact) mass is 514 g/mol. The number of rotatable bonds is 4. The summed E-state index contributed by atoms with van der Waals surface area (Å²) >= 11 is 0. The highest BCUT2D eigenvalue weighted by atomic mass is 32.5. The topological polar surface area (TPSA) is 23.6 Å². The van der Waals surface area contributed by atoms with E-state index in [-0.39, 0.29) is 31.0 Å². The second-order valence-electron chi connectivity index (χ2n) is 8.80. The zero-order valence-electron chi connectivity index (χ0n) is 18.0.